The van der Waals surface area contributed by atoms with Crippen LogP contribution in [0.2, 0.25) is 0 Å². The molecule has 0 aromatic carbocycles. The molecule has 1 amide bonds. The van der Waals surface area contributed by atoms with Gasteiger partial charge in [-0.3, -0.25) is 10.2 Å². The Labute approximate surface area is 73.9 Å². The Bertz CT molecular complexity index is 151. The van der Waals surface area contributed by atoms with E-state index in [0.29, 0.717) is 6.04 Å². The third-order valence-corrected chi connectivity index (χ3v) is 2.28. The van der Waals surface area contributed by atoms with Crippen molar-refractivity contribution < 1.29 is 4.79 Å². The van der Waals surface area contributed by atoms with Crippen molar-refractivity contribution in [1.82, 2.24) is 10.9 Å². The Balaban J connectivity index is 2.12. The number of rotatable bonds is 3. The third kappa shape index (κ3) is 2.81. The van der Waals surface area contributed by atoms with Gasteiger partial charge in [0.15, 0.2) is 0 Å². The van der Waals surface area contributed by atoms with E-state index < -0.39 is 0 Å². The Kier molecular flexibility index (Phi) is 3.53. The third-order valence-electron chi connectivity index (χ3n) is 2.28. The van der Waals surface area contributed by atoms with Crippen LogP contribution < -0.4 is 10.9 Å². The molecule has 0 heterocycles. The molecule has 0 unspecified atom stereocenters. The second-order valence-corrected chi connectivity index (χ2v) is 3.77. The summed E-state index contributed by atoms with van der Waals surface area (Å²) in [6.45, 7) is 3.79. The molecule has 0 spiro atoms. The summed E-state index contributed by atoms with van der Waals surface area (Å²) in [6, 6.07) is 0.507. The van der Waals surface area contributed by atoms with Gasteiger partial charge in [0.2, 0.25) is 5.91 Å². The maximum Gasteiger partial charge on any atom is 0.236 e. The van der Waals surface area contributed by atoms with Crippen LogP contribution in [-0.4, -0.2) is 11.9 Å². The van der Waals surface area contributed by atoms with Gasteiger partial charge in [0.05, 0.1) is 0 Å². The lowest BCUT2D eigenvalue weighted by molar-refractivity contribution is -0.125. The molecule has 1 fully saturated rings. The lowest BCUT2D eigenvalue weighted by atomic mass is 10.2. The summed E-state index contributed by atoms with van der Waals surface area (Å²) in [5.41, 5.74) is 5.80. The maximum absolute atomic E-state index is 11.1. The Hall–Kier alpha value is -0.570. The minimum Gasteiger partial charge on any atom is -0.291 e. The standard InChI is InChI=1S/C9H18N2O/c1-7(2)9(12)11-10-8-5-3-4-6-8/h7-8,10H,3-6H2,1-2H3,(H,11,12). The number of carbonyl (C=O) groups is 1. The number of carbonyl (C=O) groups excluding carboxylic acids is 1. The van der Waals surface area contributed by atoms with Gasteiger partial charge in [0, 0.05) is 12.0 Å². The van der Waals surface area contributed by atoms with Crippen molar-refractivity contribution in [2.45, 2.75) is 45.6 Å². The van der Waals surface area contributed by atoms with E-state index in [4.69, 9.17) is 0 Å². The first kappa shape index (κ1) is 9.52. The van der Waals surface area contributed by atoms with Crippen molar-refractivity contribution in [2.75, 3.05) is 0 Å². The molecule has 3 nitrogen and oxygen atoms in total. The van der Waals surface area contributed by atoms with Gasteiger partial charge < -0.3 is 0 Å². The molecule has 0 atom stereocenters. The second kappa shape index (κ2) is 4.45. The lowest BCUT2D eigenvalue weighted by Crippen LogP contribution is -2.44. The van der Waals surface area contributed by atoms with Crippen LogP contribution in [0.3, 0.4) is 0 Å². The fraction of sp³-hybridized carbons (Fsp3) is 0.889. The number of amides is 1. The predicted octanol–water partition coefficient (Wildman–Crippen LogP) is 1.21. The van der Waals surface area contributed by atoms with Crippen LogP contribution in [0.15, 0.2) is 0 Å². The number of hydrogen-bond acceptors (Lipinski definition) is 2. The van der Waals surface area contributed by atoms with Crippen molar-refractivity contribution in [2.24, 2.45) is 5.92 Å². The normalized spacial score (nSPS) is 18.6. The van der Waals surface area contributed by atoms with Crippen LogP contribution in [0.5, 0.6) is 0 Å². The molecular weight excluding hydrogens is 152 g/mol. The van der Waals surface area contributed by atoms with Crippen LogP contribution in [0.25, 0.3) is 0 Å². The van der Waals surface area contributed by atoms with Crippen LogP contribution in [0.1, 0.15) is 39.5 Å². The maximum atomic E-state index is 11.1. The average Bonchev–Trinajstić information content (AvgIpc) is 2.51. The van der Waals surface area contributed by atoms with Crippen molar-refractivity contribution in [3.63, 3.8) is 0 Å². The van der Waals surface area contributed by atoms with E-state index in [1.165, 1.54) is 25.7 Å². The predicted molar refractivity (Wildman–Crippen MR) is 48.4 cm³/mol. The van der Waals surface area contributed by atoms with E-state index in [0.717, 1.165) is 0 Å². The molecule has 2 N–H and O–H groups in total. The van der Waals surface area contributed by atoms with Crippen LogP contribution >= 0.6 is 0 Å². The number of hydrazine groups is 1. The smallest absolute Gasteiger partial charge is 0.236 e. The topological polar surface area (TPSA) is 41.1 Å². The van der Waals surface area contributed by atoms with Crippen molar-refractivity contribution in [3.05, 3.63) is 0 Å². The van der Waals surface area contributed by atoms with Gasteiger partial charge in [-0.15, -0.1) is 0 Å². The summed E-state index contributed by atoms with van der Waals surface area (Å²) in [4.78, 5) is 11.1. The van der Waals surface area contributed by atoms with Crippen LogP contribution in [0.4, 0.5) is 0 Å². The van der Waals surface area contributed by atoms with E-state index in [2.05, 4.69) is 10.9 Å². The highest BCUT2D eigenvalue weighted by atomic mass is 16.2. The van der Waals surface area contributed by atoms with Crippen molar-refractivity contribution in [3.8, 4) is 0 Å². The summed E-state index contributed by atoms with van der Waals surface area (Å²) in [6.07, 6.45) is 4.96. The Morgan fingerprint density at radius 3 is 2.42 bits per heavy atom. The molecule has 70 valence electrons. The van der Waals surface area contributed by atoms with Crippen molar-refractivity contribution >= 4 is 5.91 Å². The molecule has 0 bridgehead atoms. The summed E-state index contributed by atoms with van der Waals surface area (Å²) >= 11 is 0. The monoisotopic (exact) mass is 170 g/mol. The molecule has 3 heteroatoms. The molecule has 1 aliphatic rings. The Morgan fingerprint density at radius 2 is 1.92 bits per heavy atom. The fourth-order valence-electron chi connectivity index (χ4n) is 1.39. The van der Waals surface area contributed by atoms with Gasteiger partial charge in [0.1, 0.15) is 0 Å². The minimum absolute atomic E-state index is 0.0684. The van der Waals surface area contributed by atoms with Crippen LogP contribution in [-0.2, 0) is 4.79 Å². The molecular formula is C9H18N2O. The molecule has 0 radical (unpaired) electrons. The molecule has 0 saturated heterocycles. The first-order chi connectivity index (χ1) is 5.70. The van der Waals surface area contributed by atoms with Gasteiger partial charge in [-0.2, -0.15) is 0 Å². The molecule has 1 saturated carbocycles. The second-order valence-electron chi connectivity index (χ2n) is 3.77. The summed E-state index contributed by atoms with van der Waals surface area (Å²) in [5, 5.41) is 0. The zero-order valence-electron chi connectivity index (χ0n) is 7.89. The first-order valence-electron chi connectivity index (χ1n) is 4.75. The van der Waals surface area contributed by atoms with Gasteiger partial charge in [0.25, 0.3) is 0 Å². The summed E-state index contributed by atoms with van der Waals surface area (Å²) in [5.74, 6) is 0.154. The van der Waals surface area contributed by atoms with Gasteiger partial charge in [-0.25, -0.2) is 5.43 Å². The summed E-state index contributed by atoms with van der Waals surface area (Å²) < 4.78 is 0. The minimum atomic E-state index is 0.0684. The zero-order chi connectivity index (χ0) is 8.97. The molecule has 0 aromatic heterocycles. The average molecular weight is 170 g/mol. The van der Waals surface area contributed by atoms with E-state index in [1.807, 2.05) is 13.8 Å². The quantitative estimate of drug-likeness (QED) is 0.625. The molecule has 1 rings (SSSR count). The molecule has 0 aromatic rings. The molecule has 12 heavy (non-hydrogen) atoms. The highest BCUT2D eigenvalue weighted by molar-refractivity contribution is 5.77. The van der Waals surface area contributed by atoms with E-state index in [-0.39, 0.29) is 11.8 Å². The van der Waals surface area contributed by atoms with Crippen LogP contribution in [0, 0.1) is 5.92 Å². The number of hydrogen-bond donors (Lipinski definition) is 2. The highest BCUT2D eigenvalue weighted by Crippen LogP contribution is 2.16. The van der Waals surface area contributed by atoms with E-state index in [1.54, 1.807) is 0 Å². The molecule has 1 aliphatic carbocycles. The molecule has 0 aliphatic heterocycles. The van der Waals surface area contributed by atoms with Gasteiger partial charge >= 0.3 is 0 Å². The highest BCUT2D eigenvalue weighted by Gasteiger charge is 2.15. The van der Waals surface area contributed by atoms with Gasteiger partial charge in [-0.05, 0) is 12.8 Å². The lowest BCUT2D eigenvalue weighted by Gasteiger charge is -2.14. The fourth-order valence-corrected chi connectivity index (χ4v) is 1.39. The van der Waals surface area contributed by atoms with E-state index >= 15 is 0 Å². The zero-order valence-corrected chi connectivity index (χ0v) is 7.89. The SMILES string of the molecule is CC(C)C(=O)NNC1CCCC1. The first-order valence-corrected chi connectivity index (χ1v) is 4.75. The summed E-state index contributed by atoms with van der Waals surface area (Å²) in [7, 11) is 0. The van der Waals surface area contributed by atoms with Gasteiger partial charge in [-0.1, -0.05) is 26.7 Å². The van der Waals surface area contributed by atoms with E-state index in [9.17, 15) is 4.79 Å². The number of nitrogens with one attached hydrogen (secondary N) is 2. The largest absolute Gasteiger partial charge is 0.291 e. The van der Waals surface area contributed by atoms with Crippen molar-refractivity contribution in [1.29, 1.82) is 0 Å². The Morgan fingerprint density at radius 1 is 1.33 bits per heavy atom.